The van der Waals surface area contributed by atoms with Gasteiger partial charge in [0.25, 0.3) is 0 Å². The Bertz CT molecular complexity index is 1510. The Morgan fingerprint density at radius 1 is 0.317 bits per heavy atom. The van der Waals surface area contributed by atoms with Crippen molar-refractivity contribution in [1.82, 2.24) is 0 Å². The minimum absolute atomic E-state index is 0.197. The quantitative estimate of drug-likeness (QED) is 0.122. The van der Waals surface area contributed by atoms with E-state index in [9.17, 15) is 0 Å². The molecule has 0 aliphatic carbocycles. The zero-order chi connectivity index (χ0) is 28.1. The smallest absolute Gasteiger partial charge is 0.259 e. The SMILES string of the molecule is F[Si](F)(c1ccccc1P(c1ccccc1)c1ccccc1)c1ccccc1P(c1ccccc1)c1ccccc1. The molecule has 5 heteroatoms. The second-order valence-electron chi connectivity index (χ2n) is 9.62. The summed E-state index contributed by atoms with van der Waals surface area (Å²) in [5.74, 6) is 0. The van der Waals surface area contributed by atoms with Crippen LogP contribution in [0.25, 0.3) is 0 Å². The minimum Gasteiger partial charge on any atom is -0.259 e. The first-order valence-corrected chi connectivity index (χ1v) is 18.0. The Balaban J connectivity index is 1.55. The fourth-order valence-electron chi connectivity index (χ4n) is 5.18. The molecule has 0 N–H and O–H groups in total. The Morgan fingerprint density at radius 3 is 0.854 bits per heavy atom. The van der Waals surface area contributed by atoms with Crippen LogP contribution >= 0.6 is 15.8 Å². The highest BCUT2D eigenvalue weighted by Crippen LogP contribution is 2.35. The highest BCUT2D eigenvalue weighted by atomic mass is 31.1. The van der Waals surface area contributed by atoms with Crippen LogP contribution in [0.1, 0.15) is 0 Å². The van der Waals surface area contributed by atoms with Gasteiger partial charge in [0.1, 0.15) is 0 Å². The zero-order valence-electron chi connectivity index (χ0n) is 22.3. The monoisotopic (exact) mass is 588 g/mol. The van der Waals surface area contributed by atoms with Crippen LogP contribution in [-0.2, 0) is 0 Å². The zero-order valence-corrected chi connectivity index (χ0v) is 25.1. The van der Waals surface area contributed by atoms with Crippen molar-refractivity contribution in [2.24, 2.45) is 0 Å². The maximum absolute atomic E-state index is 17.4. The second kappa shape index (κ2) is 12.4. The summed E-state index contributed by atoms with van der Waals surface area (Å²) in [6.45, 7) is 0. The number of benzene rings is 6. The maximum Gasteiger partial charge on any atom is 0.488 e. The molecule has 6 aromatic rings. The molecule has 0 unspecified atom stereocenters. The van der Waals surface area contributed by atoms with E-state index in [1.165, 1.54) is 0 Å². The molecule has 0 bridgehead atoms. The lowest BCUT2D eigenvalue weighted by Crippen LogP contribution is -2.60. The summed E-state index contributed by atoms with van der Waals surface area (Å²) >= 11 is 0. The highest BCUT2D eigenvalue weighted by Gasteiger charge is 2.46. The molecular formula is C36H28F2P2Si. The predicted molar refractivity (Wildman–Crippen MR) is 178 cm³/mol. The Hall–Kier alpha value is -3.74. The van der Waals surface area contributed by atoms with Crippen LogP contribution in [0.5, 0.6) is 0 Å². The topological polar surface area (TPSA) is 0 Å². The molecule has 0 spiro atoms. The van der Waals surface area contributed by atoms with Crippen molar-refractivity contribution in [3.63, 3.8) is 0 Å². The molecular weight excluding hydrogens is 560 g/mol. The van der Waals surface area contributed by atoms with Gasteiger partial charge in [0.05, 0.1) is 0 Å². The lowest BCUT2D eigenvalue weighted by molar-refractivity contribution is 0.655. The average Bonchev–Trinajstić information content (AvgIpc) is 3.04. The van der Waals surface area contributed by atoms with Gasteiger partial charge >= 0.3 is 8.74 Å². The van der Waals surface area contributed by atoms with Crippen LogP contribution in [-0.4, -0.2) is 8.74 Å². The summed E-state index contributed by atoms with van der Waals surface area (Å²) in [6, 6.07) is 54.9. The molecule has 0 aromatic heterocycles. The Labute approximate surface area is 244 Å². The van der Waals surface area contributed by atoms with E-state index in [4.69, 9.17) is 0 Å². The van der Waals surface area contributed by atoms with E-state index in [2.05, 4.69) is 48.5 Å². The normalized spacial score (nSPS) is 11.6. The first-order valence-electron chi connectivity index (χ1n) is 13.5. The molecule has 6 aromatic carbocycles. The van der Waals surface area contributed by atoms with Crippen LogP contribution in [0, 0.1) is 0 Å². The van der Waals surface area contributed by atoms with Crippen molar-refractivity contribution in [2.45, 2.75) is 0 Å². The van der Waals surface area contributed by atoms with E-state index in [0.717, 1.165) is 31.8 Å². The van der Waals surface area contributed by atoms with Crippen molar-refractivity contribution < 1.29 is 8.22 Å². The van der Waals surface area contributed by atoms with E-state index in [1.54, 1.807) is 24.3 Å². The van der Waals surface area contributed by atoms with Gasteiger partial charge in [-0.3, -0.25) is 8.22 Å². The molecule has 0 amide bonds. The molecule has 0 nitrogen and oxygen atoms in total. The molecule has 0 aliphatic heterocycles. The van der Waals surface area contributed by atoms with E-state index in [0.29, 0.717) is 0 Å². The second-order valence-corrected chi connectivity index (χ2v) is 16.2. The van der Waals surface area contributed by atoms with E-state index >= 15 is 8.22 Å². The van der Waals surface area contributed by atoms with Gasteiger partial charge in [0, 0.05) is 10.4 Å². The number of hydrogen-bond acceptors (Lipinski definition) is 0. The van der Waals surface area contributed by atoms with Crippen LogP contribution in [0.15, 0.2) is 170 Å². The van der Waals surface area contributed by atoms with Crippen molar-refractivity contribution in [1.29, 1.82) is 0 Å². The molecule has 0 heterocycles. The average molecular weight is 589 g/mol. The molecule has 6 rings (SSSR count). The summed E-state index contributed by atoms with van der Waals surface area (Å²) in [5, 5.41) is 6.12. The molecule has 200 valence electrons. The van der Waals surface area contributed by atoms with Crippen LogP contribution in [0.2, 0.25) is 0 Å². The van der Waals surface area contributed by atoms with Crippen LogP contribution in [0.4, 0.5) is 8.22 Å². The predicted octanol–water partition coefficient (Wildman–Crippen LogP) is 5.70. The lowest BCUT2D eigenvalue weighted by Gasteiger charge is -2.28. The summed E-state index contributed by atoms with van der Waals surface area (Å²) < 4.78 is 34.7. The third-order valence-corrected chi connectivity index (χ3v) is 14.7. The fraction of sp³-hybridized carbons (Fsp3) is 0. The minimum atomic E-state index is -5.17. The summed E-state index contributed by atoms with van der Waals surface area (Å²) in [4.78, 5) is 0. The van der Waals surface area contributed by atoms with Gasteiger partial charge in [0.15, 0.2) is 0 Å². The summed E-state index contributed by atoms with van der Waals surface area (Å²) in [7, 11) is -7.52. The fourth-order valence-corrected chi connectivity index (χ4v) is 13.1. The number of halogens is 2. The molecule has 0 fully saturated rings. The molecule has 0 saturated carbocycles. The van der Waals surface area contributed by atoms with Crippen molar-refractivity contribution in [3.8, 4) is 0 Å². The first-order chi connectivity index (χ1) is 20.1. The van der Waals surface area contributed by atoms with Gasteiger partial charge in [0.2, 0.25) is 0 Å². The number of hydrogen-bond donors (Lipinski definition) is 0. The summed E-state index contributed by atoms with van der Waals surface area (Å²) in [6.07, 6.45) is 0. The number of rotatable bonds is 8. The first kappa shape index (κ1) is 27.4. The van der Waals surface area contributed by atoms with Crippen molar-refractivity contribution >= 4 is 66.8 Å². The standard InChI is InChI=1S/C36H28F2P2Si/c37-41(38,35-27-15-13-25-33(35)39(29-17-5-1-6-18-29)30-19-7-2-8-20-30)36-28-16-14-26-34(36)40(31-21-9-3-10-22-31)32-23-11-4-12-24-32/h1-28H. The van der Waals surface area contributed by atoms with Gasteiger partial charge in [-0.1, -0.05) is 170 Å². The van der Waals surface area contributed by atoms with Crippen molar-refractivity contribution in [3.05, 3.63) is 170 Å². The molecule has 41 heavy (non-hydrogen) atoms. The van der Waals surface area contributed by atoms with Gasteiger partial charge < -0.3 is 0 Å². The molecule has 0 aliphatic rings. The molecule has 0 atom stereocenters. The lowest BCUT2D eigenvalue weighted by atomic mass is 10.3. The van der Waals surface area contributed by atoms with Gasteiger partial charge in [-0.05, 0) is 47.7 Å². The van der Waals surface area contributed by atoms with Crippen molar-refractivity contribution in [2.75, 3.05) is 0 Å². The highest BCUT2D eigenvalue weighted by molar-refractivity contribution is 7.81. The van der Waals surface area contributed by atoms with Gasteiger partial charge in [-0.25, -0.2) is 0 Å². The maximum atomic E-state index is 17.4. The van der Waals surface area contributed by atoms with E-state index in [-0.39, 0.29) is 10.4 Å². The van der Waals surface area contributed by atoms with E-state index in [1.807, 2.05) is 97.1 Å². The largest absolute Gasteiger partial charge is 0.488 e. The third kappa shape index (κ3) is 5.72. The van der Waals surface area contributed by atoms with E-state index < -0.39 is 24.6 Å². The van der Waals surface area contributed by atoms with Gasteiger partial charge in [-0.2, -0.15) is 0 Å². The van der Waals surface area contributed by atoms with Crippen LogP contribution in [0.3, 0.4) is 0 Å². The third-order valence-electron chi connectivity index (χ3n) is 7.02. The molecule has 0 radical (unpaired) electrons. The summed E-state index contributed by atoms with van der Waals surface area (Å²) in [5.41, 5.74) is 0. The van der Waals surface area contributed by atoms with Gasteiger partial charge in [-0.15, -0.1) is 0 Å². The Kier molecular flexibility index (Phi) is 8.30. The van der Waals surface area contributed by atoms with Crippen LogP contribution < -0.4 is 42.2 Å². The molecule has 0 saturated heterocycles. The Morgan fingerprint density at radius 2 is 0.561 bits per heavy atom.